The fraction of sp³-hybridized carbons (Fsp3) is 0.350. The first kappa shape index (κ1) is 17.8. The molecule has 2 aromatic carbocycles. The zero-order valence-corrected chi connectivity index (χ0v) is 17.1. The highest BCUT2D eigenvalue weighted by Crippen LogP contribution is 2.56. The molecule has 2 atom stereocenters. The summed E-state index contributed by atoms with van der Waals surface area (Å²) in [7, 11) is 1.74. The van der Waals surface area contributed by atoms with Crippen LogP contribution in [0.1, 0.15) is 16.7 Å². The molecule has 1 N–H and O–H groups in total. The number of para-hydroxylation sites is 1. The van der Waals surface area contributed by atoms with Gasteiger partial charge in [-0.3, -0.25) is 9.83 Å². The van der Waals surface area contributed by atoms with Crippen molar-refractivity contribution >= 4 is 39.3 Å². The average Bonchev–Trinajstić information content (AvgIpc) is 3.20. The van der Waals surface area contributed by atoms with Crippen LogP contribution in [0.2, 0.25) is 0 Å². The van der Waals surface area contributed by atoms with Crippen LogP contribution in [0.25, 0.3) is 0 Å². The number of hydroxylamine groups is 1. The minimum atomic E-state index is -0.191. The summed E-state index contributed by atoms with van der Waals surface area (Å²) in [6.45, 7) is 5.03. The molecule has 2 aromatic rings. The van der Waals surface area contributed by atoms with Crippen molar-refractivity contribution in [3.05, 3.63) is 59.2 Å². The molecule has 0 saturated carbocycles. The number of thioether (sulfide) groups is 2. The Kier molecular flexibility index (Phi) is 4.67. The number of rotatable bonds is 3. The van der Waals surface area contributed by atoms with E-state index < -0.39 is 0 Å². The van der Waals surface area contributed by atoms with Crippen LogP contribution in [-0.4, -0.2) is 30.5 Å². The number of aliphatic imine (C=N–C) groups is 1. The van der Waals surface area contributed by atoms with E-state index in [1.807, 2.05) is 16.8 Å². The van der Waals surface area contributed by atoms with Gasteiger partial charge in [0.05, 0.1) is 19.3 Å². The standard InChI is InChI=1S/C20H23N3OS2/c1-13-9-10-15(11-14(13)2)22-18-20(12-21-19(25-4)26-20)16-7-5-6-8-17(16)23(18)24-3/h5-11,18,22H,12H2,1-4H3/t18-,20-/m0/s1. The number of benzene rings is 2. The minimum Gasteiger partial charge on any atom is -0.362 e. The second-order valence-corrected chi connectivity index (χ2v) is 9.02. The van der Waals surface area contributed by atoms with Crippen molar-refractivity contribution in [3.63, 3.8) is 0 Å². The lowest BCUT2D eigenvalue weighted by Gasteiger charge is -2.35. The summed E-state index contributed by atoms with van der Waals surface area (Å²) in [5.41, 5.74) is 6.07. The van der Waals surface area contributed by atoms with Crippen molar-refractivity contribution in [2.45, 2.75) is 24.8 Å². The van der Waals surface area contributed by atoms with E-state index in [2.05, 4.69) is 67.9 Å². The lowest BCUT2D eigenvalue weighted by Crippen LogP contribution is -2.48. The Bertz CT molecular complexity index is 870. The molecule has 136 valence electrons. The number of anilines is 2. The molecular formula is C20H23N3OS2. The van der Waals surface area contributed by atoms with Gasteiger partial charge in [-0.2, -0.15) is 0 Å². The molecule has 0 radical (unpaired) electrons. The molecule has 0 saturated heterocycles. The predicted octanol–water partition coefficient (Wildman–Crippen LogP) is 4.78. The van der Waals surface area contributed by atoms with Crippen LogP contribution in [0.15, 0.2) is 47.5 Å². The van der Waals surface area contributed by atoms with Gasteiger partial charge < -0.3 is 5.32 Å². The highest BCUT2D eigenvalue weighted by molar-refractivity contribution is 8.39. The Morgan fingerprint density at radius 3 is 2.73 bits per heavy atom. The third-order valence-corrected chi connectivity index (χ3v) is 7.64. The quantitative estimate of drug-likeness (QED) is 0.823. The molecule has 0 fully saturated rings. The van der Waals surface area contributed by atoms with Crippen molar-refractivity contribution in [1.82, 2.24) is 0 Å². The van der Waals surface area contributed by atoms with Gasteiger partial charge in [0.25, 0.3) is 0 Å². The van der Waals surface area contributed by atoms with Gasteiger partial charge in [-0.1, -0.05) is 36.0 Å². The first-order valence-electron chi connectivity index (χ1n) is 8.63. The van der Waals surface area contributed by atoms with Crippen LogP contribution >= 0.6 is 23.5 Å². The van der Waals surface area contributed by atoms with Crippen LogP contribution in [-0.2, 0) is 9.58 Å². The molecule has 0 bridgehead atoms. The molecule has 0 amide bonds. The van der Waals surface area contributed by atoms with E-state index in [1.54, 1.807) is 18.9 Å². The highest BCUT2D eigenvalue weighted by Gasteiger charge is 2.55. The van der Waals surface area contributed by atoms with Crippen molar-refractivity contribution < 1.29 is 4.84 Å². The molecule has 4 nitrogen and oxygen atoms in total. The van der Waals surface area contributed by atoms with Crippen LogP contribution < -0.4 is 10.4 Å². The first-order chi connectivity index (χ1) is 12.6. The van der Waals surface area contributed by atoms with Gasteiger partial charge in [0.1, 0.15) is 15.3 Å². The Morgan fingerprint density at radius 2 is 2.04 bits per heavy atom. The van der Waals surface area contributed by atoms with Gasteiger partial charge in [0, 0.05) is 11.3 Å². The normalized spacial score (nSPS) is 24.1. The van der Waals surface area contributed by atoms with E-state index in [9.17, 15) is 0 Å². The SMILES string of the molecule is CON1c2ccccc2[C@@]2(CN=C(SC)S2)[C@H]1Nc1ccc(C)c(C)c1. The Labute approximate surface area is 163 Å². The van der Waals surface area contributed by atoms with Crippen LogP contribution in [0.3, 0.4) is 0 Å². The average molecular weight is 386 g/mol. The molecule has 2 heterocycles. The van der Waals surface area contributed by atoms with Gasteiger partial charge in [0.15, 0.2) is 0 Å². The number of hydrogen-bond donors (Lipinski definition) is 1. The molecule has 2 aliphatic rings. The van der Waals surface area contributed by atoms with Crippen LogP contribution in [0.5, 0.6) is 0 Å². The third kappa shape index (κ3) is 2.71. The summed E-state index contributed by atoms with van der Waals surface area (Å²) < 4.78 is 0.939. The molecule has 4 rings (SSSR count). The van der Waals surface area contributed by atoms with Gasteiger partial charge in [0.2, 0.25) is 0 Å². The highest BCUT2D eigenvalue weighted by atomic mass is 32.2. The van der Waals surface area contributed by atoms with Crippen LogP contribution in [0, 0.1) is 13.8 Å². The number of hydrogen-bond acceptors (Lipinski definition) is 6. The second-order valence-electron chi connectivity index (χ2n) is 6.65. The minimum absolute atomic E-state index is 0.0367. The molecule has 0 aromatic heterocycles. The Morgan fingerprint density at radius 1 is 1.23 bits per heavy atom. The predicted molar refractivity (Wildman–Crippen MR) is 114 cm³/mol. The molecule has 26 heavy (non-hydrogen) atoms. The fourth-order valence-electron chi connectivity index (χ4n) is 3.66. The lowest BCUT2D eigenvalue weighted by atomic mass is 9.97. The van der Waals surface area contributed by atoms with Crippen molar-refractivity contribution in [1.29, 1.82) is 0 Å². The maximum atomic E-state index is 5.83. The molecule has 0 unspecified atom stereocenters. The van der Waals surface area contributed by atoms with Crippen LogP contribution in [0.4, 0.5) is 11.4 Å². The Balaban J connectivity index is 1.77. The van der Waals surface area contributed by atoms with E-state index in [-0.39, 0.29) is 10.9 Å². The van der Waals surface area contributed by atoms with Crippen molar-refractivity contribution in [3.8, 4) is 0 Å². The third-order valence-electron chi connectivity index (χ3n) is 5.17. The summed E-state index contributed by atoms with van der Waals surface area (Å²) >= 11 is 3.56. The monoisotopic (exact) mass is 385 g/mol. The topological polar surface area (TPSA) is 36.9 Å². The zero-order chi connectivity index (χ0) is 18.3. The van der Waals surface area contributed by atoms with E-state index in [0.29, 0.717) is 0 Å². The summed E-state index contributed by atoms with van der Waals surface area (Å²) in [5.74, 6) is 0. The van der Waals surface area contributed by atoms with Crippen molar-refractivity contribution in [2.24, 2.45) is 4.99 Å². The summed E-state index contributed by atoms with van der Waals surface area (Å²) in [4.78, 5) is 10.6. The number of aryl methyl sites for hydroxylation is 2. The second kappa shape index (κ2) is 6.83. The van der Waals surface area contributed by atoms with Gasteiger partial charge in [-0.05, 0) is 49.4 Å². The largest absolute Gasteiger partial charge is 0.362 e. The van der Waals surface area contributed by atoms with E-state index in [0.717, 1.165) is 22.3 Å². The van der Waals surface area contributed by atoms with Gasteiger partial charge in [-0.25, -0.2) is 5.06 Å². The van der Waals surface area contributed by atoms with Gasteiger partial charge >= 0.3 is 0 Å². The number of fused-ring (bicyclic) bond motifs is 2. The summed E-state index contributed by atoms with van der Waals surface area (Å²) in [6.07, 6.45) is 2.05. The van der Waals surface area contributed by atoms with Crippen molar-refractivity contribution in [2.75, 3.05) is 30.3 Å². The van der Waals surface area contributed by atoms with E-state index >= 15 is 0 Å². The Hall–Kier alpha value is -1.63. The zero-order valence-electron chi connectivity index (χ0n) is 15.4. The maximum Gasteiger partial charge on any atom is 0.146 e. The first-order valence-corrected chi connectivity index (χ1v) is 10.7. The summed E-state index contributed by atoms with van der Waals surface area (Å²) in [5, 5.41) is 5.73. The maximum absolute atomic E-state index is 5.83. The molecule has 6 heteroatoms. The smallest absolute Gasteiger partial charge is 0.146 e. The fourth-order valence-corrected chi connectivity index (χ4v) is 5.75. The summed E-state index contributed by atoms with van der Waals surface area (Å²) in [6, 6.07) is 15.0. The molecular weight excluding hydrogens is 362 g/mol. The number of nitrogens with one attached hydrogen (secondary N) is 1. The van der Waals surface area contributed by atoms with E-state index in [1.165, 1.54) is 16.7 Å². The molecule has 1 spiro atoms. The van der Waals surface area contributed by atoms with E-state index in [4.69, 9.17) is 9.83 Å². The molecule has 0 aliphatic carbocycles. The lowest BCUT2D eigenvalue weighted by molar-refractivity contribution is 0.145. The van der Waals surface area contributed by atoms with Gasteiger partial charge in [-0.15, -0.1) is 11.8 Å². The number of nitrogens with zero attached hydrogens (tertiary/aromatic N) is 2. The molecule has 2 aliphatic heterocycles.